The van der Waals surface area contributed by atoms with Gasteiger partial charge < -0.3 is 10.2 Å². The highest BCUT2D eigenvalue weighted by atomic mass is 16.2. The molecule has 1 aliphatic rings. The third kappa shape index (κ3) is 3.20. The maximum absolute atomic E-state index is 12.6. The topological polar surface area (TPSA) is 75.2 Å². The van der Waals surface area contributed by atoms with E-state index in [-0.39, 0.29) is 17.7 Å². The molecule has 0 bridgehead atoms. The van der Waals surface area contributed by atoms with Gasteiger partial charge in [-0.1, -0.05) is 20.8 Å². The quantitative estimate of drug-likeness (QED) is 0.899. The molecule has 0 aliphatic carbocycles. The lowest BCUT2D eigenvalue weighted by molar-refractivity contribution is -0.152. The number of carbonyl (C=O) groups is 2. The van der Waals surface area contributed by atoms with Crippen LogP contribution < -0.4 is 5.32 Å². The van der Waals surface area contributed by atoms with Gasteiger partial charge in [-0.25, -0.2) is 9.97 Å². The number of nitrogens with one attached hydrogen (secondary N) is 1. The Morgan fingerprint density at radius 3 is 2.67 bits per heavy atom. The van der Waals surface area contributed by atoms with Gasteiger partial charge in [0.15, 0.2) is 0 Å². The van der Waals surface area contributed by atoms with Crippen molar-refractivity contribution < 1.29 is 9.59 Å². The van der Waals surface area contributed by atoms with Crippen molar-refractivity contribution in [1.82, 2.24) is 20.2 Å². The summed E-state index contributed by atoms with van der Waals surface area (Å²) in [4.78, 5) is 34.9. The van der Waals surface area contributed by atoms with E-state index in [0.29, 0.717) is 18.8 Å². The van der Waals surface area contributed by atoms with Crippen LogP contribution in [-0.2, 0) is 16.1 Å². The molecule has 1 N–H and O–H groups in total. The first-order valence-corrected chi connectivity index (χ1v) is 7.33. The van der Waals surface area contributed by atoms with E-state index in [4.69, 9.17) is 0 Å². The molecule has 2 rings (SSSR count). The molecule has 1 saturated heterocycles. The molecule has 114 valence electrons. The van der Waals surface area contributed by atoms with E-state index in [1.807, 2.05) is 27.7 Å². The van der Waals surface area contributed by atoms with E-state index < -0.39 is 12.1 Å². The van der Waals surface area contributed by atoms with Gasteiger partial charge in [0.05, 0.1) is 12.2 Å². The minimum Gasteiger partial charge on any atom is -0.343 e. The fourth-order valence-corrected chi connectivity index (χ4v) is 2.68. The van der Waals surface area contributed by atoms with Crippen molar-refractivity contribution >= 4 is 11.8 Å². The van der Waals surface area contributed by atoms with Crippen LogP contribution in [0.3, 0.4) is 0 Å². The van der Waals surface area contributed by atoms with Gasteiger partial charge in [0.2, 0.25) is 11.8 Å². The monoisotopic (exact) mass is 290 g/mol. The van der Waals surface area contributed by atoms with Gasteiger partial charge in [0, 0.05) is 6.20 Å². The van der Waals surface area contributed by atoms with Gasteiger partial charge in [-0.3, -0.25) is 9.59 Å². The summed E-state index contributed by atoms with van der Waals surface area (Å²) in [6.07, 6.45) is 2.27. The standard InChI is InChI=1S/C15H22N4O2/c1-5-12-15(21)19(13(9(2)3)14(20)18-12)8-11-6-7-16-10(4)17-11/h6-7,9,12-13H,5,8H2,1-4H3,(H,18,20). The van der Waals surface area contributed by atoms with E-state index in [1.165, 1.54) is 0 Å². The van der Waals surface area contributed by atoms with E-state index in [9.17, 15) is 9.59 Å². The van der Waals surface area contributed by atoms with E-state index in [1.54, 1.807) is 17.2 Å². The average molecular weight is 290 g/mol. The van der Waals surface area contributed by atoms with Crippen molar-refractivity contribution in [2.45, 2.75) is 52.7 Å². The van der Waals surface area contributed by atoms with Crippen molar-refractivity contribution in [3.63, 3.8) is 0 Å². The zero-order chi connectivity index (χ0) is 15.6. The summed E-state index contributed by atoms with van der Waals surface area (Å²) in [5.41, 5.74) is 0.756. The first-order valence-electron chi connectivity index (χ1n) is 7.33. The minimum absolute atomic E-state index is 0.0351. The van der Waals surface area contributed by atoms with Crippen LogP contribution in [-0.4, -0.2) is 38.8 Å². The molecule has 2 amide bonds. The second-order valence-corrected chi connectivity index (χ2v) is 5.72. The lowest BCUT2D eigenvalue weighted by Crippen LogP contribution is -2.64. The third-order valence-electron chi connectivity index (χ3n) is 3.71. The maximum atomic E-state index is 12.6. The summed E-state index contributed by atoms with van der Waals surface area (Å²) >= 11 is 0. The largest absolute Gasteiger partial charge is 0.343 e. The van der Waals surface area contributed by atoms with Gasteiger partial charge in [-0.2, -0.15) is 0 Å². The number of aromatic nitrogens is 2. The summed E-state index contributed by atoms with van der Waals surface area (Å²) in [7, 11) is 0. The number of amides is 2. The molecular formula is C15H22N4O2. The van der Waals surface area contributed by atoms with E-state index >= 15 is 0 Å². The van der Waals surface area contributed by atoms with Crippen molar-refractivity contribution in [2.24, 2.45) is 5.92 Å². The second-order valence-electron chi connectivity index (χ2n) is 5.72. The Balaban J connectivity index is 2.29. The molecule has 1 aliphatic heterocycles. The summed E-state index contributed by atoms with van der Waals surface area (Å²) in [6.45, 7) is 7.94. The number of rotatable bonds is 4. The summed E-state index contributed by atoms with van der Waals surface area (Å²) in [5, 5.41) is 2.81. The van der Waals surface area contributed by atoms with Crippen LogP contribution >= 0.6 is 0 Å². The Morgan fingerprint density at radius 1 is 1.38 bits per heavy atom. The molecule has 2 atom stereocenters. The Labute approximate surface area is 125 Å². The highest BCUT2D eigenvalue weighted by Gasteiger charge is 2.41. The van der Waals surface area contributed by atoms with Gasteiger partial charge in [0.25, 0.3) is 0 Å². The highest BCUT2D eigenvalue weighted by molar-refractivity contribution is 5.97. The van der Waals surface area contributed by atoms with Crippen LogP contribution in [0.1, 0.15) is 38.7 Å². The van der Waals surface area contributed by atoms with Crippen LogP contribution in [0.15, 0.2) is 12.3 Å². The number of carbonyl (C=O) groups excluding carboxylic acids is 2. The molecule has 1 fully saturated rings. The van der Waals surface area contributed by atoms with E-state index in [0.717, 1.165) is 5.69 Å². The number of aryl methyl sites for hydroxylation is 1. The zero-order valence-corrected chi connectivity index (χ0v) is 13.0. The summed E-state index contributed by atoms with van der Waals surface area (Å²) in [5.74, 6) is 0.596. The third-order valence-corrected chi connectivity index (χ3v) is 3.71. The maximum Gasteiger partial charge on any atom is 0.246 e. The number of nitrogens with zero attached hydrogens (tertiary/aromatic N) is 3. The van der Waals surface area contributed by atoms with Crippen LogP contribution in [0.5, 0.6) is 0 Å². The first kappa shape index (κ1) is 15.4. The molecule has 2 heterocycles. The van der Waals surface area contributed by atoms with Crippen molar-refractivity contribution in [3.05, 3.63) is 23.8 Å². The SMILES string of the molecule is CCC1NC(=O)C(C(C)C)N(Cc2ccnc(C)n2)C1=O. The molecule has 0 spiro atoms. The fourth-order valence-electron chi connectivity index (χ4n) is 2.68. The molecule has 0 saturated carbocycles. The number of hydrogen-bond acceptors (Lipinski definition) is 4. The molecular weight excluding hydrogens is 268 g/mol. The Hall–Kier alpha value is -1.98. The Kier molecular flexibility index (Phi) is 4.55. The van der Waals surface area contributed by atoms with Gasteiger partial charge in [-0.05, 0) is 25.3 Å². The lowest BCUT2D eigenvalue weighted by atomic mass is 9.96. The van der Waals surface area contributed by atoms with Gasteiger partial charge >= 0.3 is 0 Å². The van der Waals surface area contributed by atoms with Crippen LogP contribution in [0.25, 0.3) is 0 Å². The predicted octanol–water partition coefficient (Wildman–Crippen LogP) is 1.05. The molecule has 21 heavy (non-hydrogen) atoms. The molecule has 1 aromatic rings. The smallest absolute Gasteiger partial charge is 0.246 e. The number of piperazine rings is 1. The summed E-state index contributed by atoms with van der Waals surface area (Å²) in [6, 6.07) is 0.900. The van der Waals surface area contributed by atoms with Crippen LogP contribution in [0.4, 0.5) is 0 Å². The summed E-state index contributed by atoms with van der Waals surface area (Å²) < 4.78 is 0. The Bertz CT molecular complexity index is 544. The van der Waals surface area contributed by atoms with Crippen LogP contribution in [0.2, 0.25) is 0 Å². The van der Waals surface area contributed by atoms with Crippen molar-refractivity contribution in [1.29, 1.82) is 0 Å². The minimum atomic E-state index is -0.449. The van der Waals surface area contributed by atoms with Gasteiger partial charge in [0.1, 0.15) is 17.9 Å². The normalized spacial score (nSPS) is 22.6. The fraction of sp³-hybridized carbons (Fsp3) is 0.600. The lowest BCUT2D eigenvalue weighted by Gasteiger charge is -2.40. The van der Waals surface area contributed by atoms with Crippen molar-refractivity contribution in [2.75, 3.05) is 0 Å². The van der Waals surface area contributed by atoms with E-state index in [2.05, 4.69) is 15.3 Å². The van der Waals surface area contributed by atoms with Gasteiger partial charge in [-0.15, -0.1) is 0 Å². The van der Waals surface area contributed by atoms with Crippen molar-refractivity contribution in [3.8, 4) is 0 Å². The molecule has 6 heteroatoms. The molecule has 1 aromatic heterocycles. The second kappa shape index (κ2) is 6.20. The van der Waals surface area contributed by atoms with Crippen LogP contribution in [0, 0.1) is 12.8 Å². The molecule has 6 nitrogen and oxygen atoms in total. The molecule has 2 unspecified atom stereocenters. The highest BCUT2D eigenvalue weighted by Crippen LogP contribution is 2.20. The Morgan fingerprint density at radius 2 is 2.10 bits per heavy atom. The first-order chi connectivity index (χ1) is 9.93. The molecule has 0 aromatic carbocycles. The predicted molar refractivity (Wildman–Crippen MR) is 78.2 cm³/mol. The molecule has 0 radical (unpaired) electrons. The zero-order valence-electron chi connectivity index (χ0n) is 13.0. The number of hydrogen-bond donors (Lipinski definition) is 1. The average Bonchev–Trinajstić information content (AvgIpc) is 2.42.